The van der Waals surface area contributed by atoms with E-state index in [1.165, 1.54) is 4.90 Å². The van der Waals surface area contributed by atoms with E-state index in [4.69, 9.17) is 14.2 Å². The zero-order valence-electron chi connectivity index (χ0n) is 22.7. The van der Waals surface area contributed by atoms with Crippen molar-refractivity contribution in [2.24, 2.45) is 5.92 Å². The summed E-state index contributed by atoms with van der Waals surface area (Å²) in [4.78, 5) is 31.8. The Morgan fingerprint density at radius 1 is 1.00 bits per heavy atom. The van der Waals surface area contributed by atoms with E-state index in [1.807, 2.05) is 81.4 Å². The van der Waals surface area contributed by atoms with E-state index in [0.717, 1.165) is 16.7 Å². The molecule has 0 saturated carbocycles. The number of hydrogen-bond donors (Lipinski definition) is 2. The number of amides is 1. The zero-order chi connectivity index (χ0) is 28.0. The van der Waals surface area contributed by atoms with Gasteiger partial charge in [0.15, 0.2) is 0 Å². The Balaban J connectivity index is 1.48. The third-order valence-corrected chi connectivity index (χ3v) is 6.33. The smallest absolute Gasteiger partial charge is 0.416 e. The van der Waals surface area contributed by atoms with Gasteiger partial charge in [-0.15, -0.1) is 0 Å². The van der Waals surface area contributed by atoms with Crippen molar-refractivity contribution in [1.82, 2.24) is 10.3 Å². The van der Waals surface area contributed by atoms with Crippen LogP contribution >= 0.6 is 0 Å². The van der Waals surface area contributed by atoms with Crippen molar-refractivity contribution in [1.29, 1.82) is 0 Å². The number of nitrogens with one attached hydrogen (secondary N) is 1. The molecule has 1 aromatic heterocycles. The van der Waals surface area contributed by atoms with Gasteiger partial charge < -0.3 is 19.3 Å². The Morgan fingerprint density at radius 2 is 1.72 bits per heavy atom. The summed E-state index contributed by atoms with van der Waals surface area (Å²) in [7, 11) is 1.60. The van der Waals surface area contributed by atoms with Gasteiger partial charge in [0.1, 0.15) is 36.0 Å². The fourth-order valence-electron chi connectivity index (χ4n) is 4.26. The summed E-state index contributed by atoms with van der Waals surface area (Å²) in [6.45, 7) is 5.82. The van der Waals surface area contributed by atoms with Crippen molar-refractivity contribution >= 4 is 17.9 Å². The fourth-order valence-corrected chi connectivity index (χ4v) is 4.26. The summed E-state index contributed by atoms with van der Waals surface area (Å²) in [5.41, 5.74) is 1.88. The Hall–Kier alpha value is -3.95. The number of carbonyl (C=O) groups is 2. The molecule has 1 fully saturated rings. The van der Waals surface area contributed by atoms with Crippen molar-refractivity contribution in [2.75, 3.05) is 12.0 Å². The van der Waals surface area contributed by atoms with Crippen LogP contribution in [0.15, 0.2) is 72.9 Å². The average molecular weight is 534 g/mol. The number of aromatic nitrogens is 1. The van der Waals surface area contributed by atoms with Gasteiger partial charge in [-0.2, -0.15) is 0 Å². The van der Waals surface area contributed by atoms with Crippen molar-refractivity contribution in [3.63, 3.8) is 0 Å². The van der Waals surface area contributed by atoms with Crippen LogP contribution in [0.1, 0.15) is 37.5 Å². The molecular weight excluding hydrogens is 498 g/mol. The van der Waals surface area contributed by atoms with Crippen LogP contribution in [0.3, 0.4) is 0 Å². The van der Waals surface area contributed by atoms with Crippen molar-refractivity contribution in [3.05, 3.63) is 89.6 Å². The van der Waals surface area contributed by atoms with Crippen LogP contribution in [0.4, 0.5) is 10.6 Å². The SMILES string of the molecule is COc1ccc(CN(C(=O)OC(C)(C)C)c2cc(C[C@H]3C(O)N[C@@H]3C(=O)OCc3ccccc3)ccn2)cc1. The van der Waals surface area contributed by atoms with Crippen molar-refractivity contribution in [2.45, 2.75) is 58.2 Å². The first-order valence-electron chi connectivity index (χ1n) is 12.9. The molecule has 1 aliphatic rings. The summed E-state index contributed by atoms with van der Waals surface area (Å²) in [5.74, 6) is 0.313. The Bertz CT molecular complexity index is 1260. The largest absolute Gasteiger partial charge is 0.497 e. The van der Waals surface area contributed by atoms with E-state index >= 15 is 0 Å². The van der Waals surface area contributed by atoms with E-state index in [9.17, 15) is 14.7 Å². The van der Waals surface area contributed by atoms with Gasteiger partial charge in [-0.25, -0.2) is 9.78 Å². The number of ether oxygens (including phenoxy) is 3. The first kappa shape index (κ1) is 28.1. The highest BCUT2D eigenvalue weighted by Gasteiger charge is 2.44. The summed E-state index contributed by atoms with van der Waals surface area (Å²) in [6.07, 6.45) is 0.615. The number of esters is 1. The van der Waals surface area contributed by atoms with Gasteiger partial charge in [-0.1, -0.05) is 42.5 Å². The minimum absolute atomic E-state index is 0.163. The molecule has 1 aliphatic heterocycles. The minimum atomic E-state index is -0.850. The molecule has 0 spiro atoms. The highest BCUT2D eigenvalue weighted by atomic mass is 16.6. The van der Waals surface area contributed by atoms with E-state index in [-0.39, 0.29) is 19.1 Å². The highest BCUT2D eigenvalue weighted by molar-refractivity contribution is 5.86. The van der Waals surface area contributed by atoms with Crippen LogP contribution in [0.25, 0.3) is 0 Å². The lowest BCUT2D eigenvalue weighted by molar-refractivity contribution is -0.160. The number of aliphatic hydroxyl groups excluding tert-OH is 1. The third-order valence-electron chi connectivity index (χ3n) is 6.33. The number of nitrogens with zero attached hydrogens (tertiary/aromatic N) is 2. The van der Waals surface area contributed by atoms with Gasteiger partial charge in [0.05, 0.1) is 13.7 Å². The van der Waals surface area contributed by atoms with Gasteiger partial charge in [0.2, 0.25) is 0 Å². The summed E-state index contributed by atoms with van der Waals surface area (Å²) < 4.78 is 16.4. The quantitative estimate of drug-likeness (QED) is 0.394. The number of pyridine rings is 1. The lowest BCUT2D eigenvalue weighted by atomic mass is 9.84. The Labute approximate surface area is 228 Å². The predicted octanol–water partition coefficient (Wildman–Crippen LogP) is 4.22. The molecule has 1 unspecified atom stereocenters. The molecule has 39 heavy (non-hydrogen) atoms. The first-order chi connectivity index (χ1) is 18.6. The molecule has 0 aliphatic carbocycles. The standard InChI is InChI=1S/C30H35N3O6/c1-30(2,3)39-29(36)33(18-20-10-12-23(37-4)13-11-20)25-17-22(14-15-31-25)16-24-26(32-27(24)34)28(35)38-19-21-8-6-5-7-9-21/h5-15,17,24,26-27,32,34H,16,18-19H2,1-4H3/t24-,26+,27?/m1/s1. The highest BCUT2D eigenvalue weighted by Crippen LogP contribution is 2.28. The van der Waals surface area contributed by atoms with E-state index in [0.29, 0.717) is 18.0 Å². The van der Waals surface area contributed by atoms with Gasteiger partial charge in [0, 0.05) is 12.1 Å². The molecule has 9 heteroatoms. The number of methoxy groups -OCH3 is 1. The second-order valence-corrected chi connectivity index (χ2v) is 10.5. The molecule has 3 aromatic rings. The number of carbonyl (C=O) groups excluding carboxylic acids is 2. The predicted molar refractivity (Wildman–Crippen MR) is 146 cm³/mol. The molecular formula is C30H35N3O6. The number of benzene rings is 2. The zero-order valence-corrected chi connectivity index (χ0v) is 22.7. The molecule has 3 atom stereocenters. The van der Waals surface area contributed by atoms with Crippen LogP contribution < -0.4 is 15.0 Å². The van der Waals surface area contributed by atoms with Crippen LogP contribution in [0.5, 0.6) is 5.75 Å². The molecule has 2 heterocycles. The monoisotopic (exact) mass is 533 g/mol. The second-order valence-electron chi connectivity index (χ2n) is 10.5. The van der Waals surface area contributed by atoms with Crippen LogP contribution in [-0.2, 0) is 33.8 Å². The van der Waals surface area contributed by atoms with E-state index in [2.05, 4.69) is 10.3 Å². The minimum Gasteiger partial charge on any atom is -0.497 e. The second kappa shape index (κ2) is 12.3. The van der Waals surface area contributed by atoms with Gasteiger partial charge in [0.25, 0.3) is 0 Å². The van der Waals surface area contributed by atoms with Crippen LogP contribution in [0, 0.1) is 5.92 Å². The van der Waals surface area contributed by atoms with E-state index < -0.39 is 29.9 Å². The van der Waals surface area contributed by atoms with Gasteiger partial charge >= 0.3 is 12.1 Å². The van der Waals surface area contributed by atoms with Crippen molar-refractivity contribution in [3.8, 4) is 5.75 Å². The number of aliphatic hydroxyl groups is 1. The van der Waals surface area contributed by atoms with Crippen molar-refractivity contribution < 1.29 is 28.9 Å². The molecule has 206 valence electrons. The number of hydrogen-bond acceptors (Lipinski definition) is 8. The number of rotatable bonds is 9. The lowest BCUT2D eigenvalue weighted by Gasteiger charge is -2.41. The maximum Gasteiger partial charge on any atom is 0.416 e. The Kier molecular flexibility index (Phi) is 8.83. The maximum atomic E-state index is 13.2. The van der Waals surface area contributed by atoms with Gasteiger partial charge in [-0.05, 0) is 68.1 Å². The van der Waals surface area contributed by atoms with E-state index in [1.54, 1.807) is 19.4 Å². The van der Waals surface area contributed by atoms with Crippen LogP contribution in [-0.4, -0.2) is 47.1 Å². The molecule has 4 rings (SSSR count). The molecule has 0 bridgehead atoms. The normalized spacial score (nSPS) is 18.5. The molecule has 9 nitrogen and oxygen atoms in total. The third kappa shape index (κ3) is 7.55. The molecule has 2 N–H and O–H groups in total. The maximum absolute atomic E-state index is 13.2. The Morgan fingerprint density at radius 3 is 2.36 bits per heavy atom. The molecule has 0 radical (unpaired) electrons. The summed E-state index contributed by atoms with van der Waals surface area (Å²) in [5, 5.41) is 13.2. The first-order valence-corrected chi connectivity index (χ1v) is 12.9. The average Bonchev–Trinajstić information content (AvgIpc) is 2.92. The van der Waals surface area contributed by atoms with Gasteiger partial charge in [-0.3, -0.25) is 15.0 Å². The molecule has 1 saturated heterocycles. The topological polar surface area (TPSA) is 110 Å². The van der Waals surface area contributed by atoms with Crippen LogP contribution in [0.2, 0.25) is 0 Å². The fraction of sp³-hybridized carbons (Fsp3) is 0.367. The summed E-state index contributed by atoms with van der Waals surface area (Å²) >= 11 is 0. The number of anilines is 1. The molecule has 1 amide bonds. The summed E-state index contributed by atoms with van der Waals surface area (Å²) in [6, 6.07) is 19.8. The lowest BCUT2D eigenvalue weighted by Crippen LogP contribution is -2.65. The molecule has 2 aromatic carbocycles.